The summed E-state index contributed by atoms with van der Waals surface area (Å²) >= 11 is 1.13. The van der Waals surface area contributed by atoms with Gasteiger partial charge in [0.2, 0.25) is 0 Å². The number of carboxylic acid groups (broad SMARTS) is 1. The third-order valence-electron chi connectivity index (χ3n) is 2.49. The molecule has 6 nitrogen and oxygen atoms in total. The van der Waals surface area contributed by atoms with Crippen molar-refractivity contribution in [3.05, 3.63) is 23.5 Å². The standard InChI is InChI=1S/C10H10BFN2O4S.2C2H6/c1-19-14-11(17)9-6(4-13-14)2-3-7(10(9)12)18-5-8(15)16;2*1-2/h2-4,17H,5H2,1H3,(H,15,16);2*1-2H3. The fourth-order valence-electron chi connectivity index (χ4n) is 1.65. The minimum absolute atomic E-state index is 0.0206. The van der Waals surface area contributed by atoms with Crippen LogP contribution in [0.3, 0.4) is 0 Å². The van der Waals surface area contributed by atoms with Gasteiger partial charge >= 0.3 is 13.0 Å². The molecule has 2 N–H and O–H groups in total. The molecule has 0 aliphatic carbocycles. The molecule has 0 bridgehead atoms. The summed E-state index contributed by atoms with van der Waals surface area (Å²) < 4.78 is 20.2. The van der Waals surface area contributed by atoms with Crippen molar-refractivity contribution in [1.82, 2.24) is 4.33 Å². The zero-order valence-corrected chi connectivity index (χ0v) is 14.7. The molecule has 0 atom stereocenters. The first-order valence-electron chi connectivity index (χ1n) is 7.27. The molecule has 2 rings (SSSR count). The zero-order chi connectivity index (χ0) is 18.0. The predicted molar refractivity (Wildman–Crippen MR) is 92.8 cm³/mol. The Kier molecular flexibility index (Phi) is 10.1. The first-order chi connectivity index (χ1) is 11.0. The Morgan fingerprint density at radius 2 is 2.00 bits per heavy atom. The summed E-state index contributed by atoms with van der Waals surface area (Å²) in [4.78, 5) is 10.4. The van der Waals surface area contributed by atoms with Gasteiger partial charge in [0, 0.05) is 11.7 Å². The number of carbonyl (C=O) groups is 1. The van der Waals surface area contributed by atoms with Crippen LogP contribution in [0.1, 0.15) is 33.3 Å². The fourth-order valence-corrected chi connectivity index (χ4v) is 2.10. The van der Waals surface area contributed by atoms with Gasteiger partial charge in [0.15, 0.2) is 18.2 Å². The summed E-state index contributed by atoms with van der Waals surface area (Å²) in [6, 6.07) is 2.82. The van der Waals surface area contributed by atoms with Crippen molar-refractivity contribution in [1.29, 1.82) is 0 Å². The predicted octanol–water partition coefficient (Wildman–Crippen LogP) is 1.96. The van der Waals surface area contributed by atoms with Crippen LogP contribution in [0.5, 0.6) is 5.75 Å². The van der Waals surface area contributed by atoms with Gasteiger partial charge in [-0.2, -0.15) is 5.10 Å². The van der Waals surface area contributed by atoms with Gasteiger partial charge in [0.05, 0.1) is 6.21 Å². The molecule has 0 unspecified atom stereocenters. The molecule has 0 radical (unpaired) electrons. The van der Waals surface area contributed by atoms with Crippen LogP contribution in [0.15, 0.2) is 17.2 Å². The topological polar surface area (TPSA) is 82.4 Å². The van der Waals surface area contributed by atoms with Crippen molar-refractivity contribution < 1.29 is 24.1 Å². The summed E-state index contributed by atoms with van der Waals surface area (Å²) in [6.45, 7) is 7.35. The van der Waals surface area contributed by atoms with E-state index >= 15 is 0 Å². The largest absolute Gasteiger partial charge is 0.481 e. The Labute approximate surface area is 140 Å². The number of aliphatic carboxylic acids is 1. The lowest BCUT2D eigenvalue weighted by atomic mass is 9.71. The molecule has 0 amide bonds. The zero-order valence-electron chi connectivity index (χ0n) is 13.9. The van der Waals surface area contributed by atoms with E-state index in [0.29, 0.717) is 5.56 Å². The molecule has 1 heterocycles. The second-order valence-corrected chi connectivity index (χ2v) is 4.41. The fraction of sp³-hybridized carbons (Fsp3) is 0.429. The van der Waals surface area contributed by atoms with Crippen molar-refractivity contribution in [2.45, 2.75) is 27.7 Å². The lowest BCUT2D eigenvalue weighted by molar-refractivity contribution is -0.139. The van der Waals surface area contributed by atoms with E-state index in [2.05, 4.69) is 5.10 Å². The molecule has 0 saturated carbocycles. The van der Waals surface area contributed by atoms with Crippen LogP contribution in [-0.4, -0.2) is 46.6 Å². The highest BCUT2D eigenvalue weighted by Crippen LogP contribution is 2.21. The van der Waals surface area contributed by atoms with Crippen LogP contribution in [0.2, 0.25) is 0 Å². The van der Waals surface area contributed by atoms with Crippen molar-refractivity contribution >= 4 is 36.6 Å². The lowest BCUT2D eigenvalue weighted by Gasteiger charge is -2.24. The summed E-state index contributed by atoms with van der Waals surface area (Å²) in [5, 5.41) is 22.4. The Hall–Kier alpha value is -1.74. The highest BCUT2D eigenvalue weighted by Gasteiger charge is 2.33. The first-order valence-corrected chi connectivity index (χ1v) is 8.45. The summed E-state index contributed by atoms with van der Waals surface area (Å²) in [6.07, 6.45) is 3.11. The van der Waals surface area contributed by atoms with Gasteiger partial charge in [-0.3, -0.25) is 0 Å². The number of benzene rings is 1. The van der Waals surface area contributed by atoms with Crippen molar-refractivity contribution in [3.8, 4) is 5.75 Å². The van der Waals surface area contributed by atoms with E-state index < -0.39 is 25.4 Å². The minimum atomic E-state index is -1.25. The average Bonchev–Trinajstić information content (AvgIpc) is 2.58. The molecule has 0 spiro atoms. The van der Waals surface area contributed by atoms with E-state index in [4.69, 9.17) is 9.84 Å². The number of rotatable bonds is 4. The minimum Gasteiger partial charge on any atom is -0.479 e. The number of nitrogens with zero attached hydrogens (tertiary/aromatic N) is 2. The molecule has 128 valence electrons. The molecule has 9 heteroatoms. The molecular formula is C14H22BFN2O4S. The number of fused-ring (bicyclic) bond motifs is 1. The van der Waals surface area contributed by atoms with Gasteiger partial charge < -0.3 is 14.9 Å². The SMILES string of the molecule is CC.CC.CSN1N=Cc2ccc(OCC(=O)O)c(F)c2B1O. The van der Waals surface area contributed by atoms with Crippen LogP contribution in [0, 0.1) is 5.82 Å². The molecule has 0 saturated heterocycles. The van der Waals surface area contributed by atoms with Crippen molar-refractivity contribution in [3.63, 3.8) is 0 Å². The third-order valence-corrected chi connectivity index (χ3v) is 3.16. The Bertz CT molecular complexity index is 546. The van der Waals surface area contributed by atoms with Gasteiger partial charge in [-0.25, -0.2) is 13.5 Å². The lowest BCUT2D eigenvalue weighted by Crippen LogP contribution is -2.48. The molecule has 23 heavy (non-hydrogen) atoms. The number of ether oxygens (including phenoxy) is 1. The van der Waals surface area contributed by atoms with Crippen LogP contribution < -0.4 is 10.2 Å². The van der Waals surface area contributed by atoms with Gasteiger partial charge in [0.1, 0.15) is 0 Å². The van der Waals surface area contributed by atoms with Crippen LogP contribution in [0.25, 0.3) is 0 Å². The van der Waals surface area contributed by atoms with E-state index in [1.54, 1.807) is 6.26 Å². The maximum absolute atomic E-state index is 14.2. The maximum Gasteiger partial charge on any atom is 0.481 e. The van der Waals surface area contributed by atoms with Gasteiger partial charge in [-0.05, 0) is 29.6 Å². The summed E-state index contributed by atoms with van der Waals surface area (Å²) in [5.74, 6) is -2.20. The molecule has 0 aromatic heterocycles. The first kappa shape index (κ1) is 21.3. The second kappa shape index (κ2) is 10.9. The molecule has 1 aromatic rings. The average molecular weight is 344 g/mol. The van der Waals surface area contributed by atoms with Crippen molar-refractivity contribution in [2.24, 2.45) is 5.10 Å². The van der Waals surface area contributed by atoms with E-state index in [1.165, 1.54) is 22.7 Å². The van der Waals surface area contributed by atoms with Gasteiger partial charge in [-0.1, -0.05) is 27.7 Å². The summed E-state index contributed by atoms with van der Waals surface area (Å²) in [7, 11) is -1.25. The highest BCUT2D eigenvalue weighted by atomic mass is 32.2. The Balaban J connectivity index is 0.00000112. The smallest absolute Gasteiger partial charge is 0.479 e. The molecule has 1 aromatic carbocycles. The number of carboxylic acids is 1. The molecule has 0 fully saturated rings. The number of hydrazone groups is 1. The van der Waals surface area contributed by atoms with E-state index in [9.17, 15) is 14.2 Å². The maximum atomic E-state index is 14.2. The highest BCUT2D eigenvalue weighted by molar-refractivity contribution is 7.97. The molecule has 1 aliphatic rings. The van der Waals surface area contributed by atoms with Gasteiger partial charge in [0.25, 0.3) is 0 Å². The van der Waals surface area contributed by atoms with E-state index in [1.807, 2.05) is 27.7 Å². The van der Waals surface area contributed by atoms with E-state index in [0.717, 1.165) is 11.9 Å². The third kappa shape index (κ3) is 5.44. The van der Waals surface area contributed by atoms with Crippen LogP contribution in [0.4, 0.5) is 4.39 Å². The number of hydrogen-bond donors (Lipinski definition) is 2. The quantitative estimate of drug-likeness (QED) is 0.642. The second-order valence-electron chi connectivity index (χ2n) is 3.67. The molecular weight excluding hydrogens is 322 g/mol. The molecule has 1 aliphatic heterocycles. The normalized spacial score (nSPS) is 11.6. The van der Waals surface area contributed by atoms with Gasteiger partial charge in [-0.15, -0.1) is 0 Å². The number of hydrogen-bond acceptors (Lipinski definition) is 6. The van der Waals surface area contributed by atoms with Crippen LogP contribution >= 0.6 is 11.9 Å². The van der Waals surface area contributed by atoms with Crippen molar-refractivity contribution in [2.75, 3.05) is 12.9 Å². The van der Waals surface area contributed by atoms with Crippen LogP contribution in [-0.2, 0) is 4.79 Å². The monoisotopic (exact) mass is 344 g/mol. The summed E-state index contributed by atoms with van der Waals surface area (Å²) in [5.41, 5.74) is 0.449. The number of halogens is 1. The Morgan fingerprint density at radius 1 is 1.39 bits per heavy atom. The van der Waals surface area contributed by atoms with E-state index in [-0.39, 0.29) is 11.2 Å². The Morgan fingerprint density at radius 3 is 2.52 bits per heavy atom.